The van der Waals surface area contributed by atoms with Crippen LogP contribution < -0.4 is 10.1 Å². The number of benzene rings is 2. The Bertz CT molecular complexity index is 882. The van der Waals surface area contributed by atoms with Crippen molar-refractivity contribution in [3.63, 3.8) is 0 Å². The summed E-state index contributed by atoms with van der Waals surface area (Å²) in [5.74, 6) is -1.75. The monoisotopic (exact) mass is 390 g/mol. The van der Waals surface area contributed by atoms with Crippen molar-refractivity contribution < 1.29 is 19.4 Å². The number of hydrogen-bond acceptors (Lipinski definition) is 4. The summed E-state index contributed by atoms with van der Waals surface area (Å²) < 4.78 is 5.01. The van der Waals surface area contributed by atoms with Gasteiger partial charge in [-0.2, -0.15) is 5.26 Å². The molecule has 2 aromatic rings. The quantitative estimate of drug-likeness (QED) is 0.573. The Labute approximate surface area is 159 Å². The van der Waals surface area contributed by atoms with Crippen molar-refractivity contribution >= 4 is 46.8 Å². The molecule has 132 valence electrons. The van der Waals surface area contributed by atoms with Crippen molar-refractivity contribution in [3.05, 3.63) is 63.6 Å². The molecule has 2 aromatic carbocycles. The number of hydrogen-bond donors (Lipinski definition) is 2. The average molecular weight is 391 g/mol. The molecule has 26 heavy (non-hydrogen) atoms. The number of nitrogens with zero attached hydrogens (tertiary/aromatic N) is 1. The Hall–Kier alpha value is -3.01. The number of amides is 1. The first-order valence-electron chi connectivity index (χ1n) is 7.22. The maximum atomic E-state index is 12.2. The molecule has 0 fully saturated rings. The summed E-state index contributed by atoms with van der Waals surface area (Å²) in [5, 5.41) is 20.6. The second kappa shape index (κ2) is 8.90. The van der Waals surface area contributed by atoms with Crippen molar-refractivity contribution in [1.29, 1.82) is 5.26 Å². The van der Waals surface area contributed by atoms with Gasteiger partial charge in [-0.15, -0.1) is 0 Å². The van der Waals surface area contributed by atoms with E-state index in [1.807, 2.05) is 6.07 Å². The summed E-state index contributed by atoms with van der Waals surface area (Å²) in [7, 11) is 0. The lowest BCUT2D eigenvalue weighted by Crippen LogP contribution is -2.13. The largest absolute Gasteiger partial charge is 0.479 e. The van der Waals surface area contributed by atoms with E-state index in [0.717, 1.165) is 0 Å². The molecule has 0 radical (unpaired) electrons. The van der Waals surface area contributed by atoms with E-state index in [9.17, 15) is 14.9 Å². The van der Waals surface area contributed by atoms with Crippen LogP contribution in [0.2, 0.25) is 10.0 Å². The molecule has 6 nitrogen and oxygen atoms in total. The van der Waals surface area contributed by atoms with Gasteiger partial charge in [-0.3, -0.25) is 4.79 Å². The van der Waals surface area contributed by atoms with Gasteiger partial charge in [0.25, 0.3) is 5.91 Å². The molecule has 2 rings (SSSR count). The van der Waals surface area contributed by atoms with Crippen molar-refractivity contribution in [2.75, 3.05) is 11.9 Å². The van der Waals surface area contributed by atoms with E-state index in [1.54, 1.807) is 30.3 Å². The van der Waals surface area contributed by atoms with E-state index in [2.05, 4.69) is 5.32 Å². The fraction of sp³-hybridized carbons (Fsp3) is 0.0556. The van der Waals surface area contributed by atoms with Crippen LogP contribution in [-0.2, 0) is 9.59 Å². The first-order chi connectivity index (χ1) is 12.4. The normalized spacial score (nSPS) is 10.7. The highest BCUT2D eigenvalue weighted by molar-refractivity contribution is 6.37. The summed E-state index contributed by atoms with van der Waals surface area (Å²) in [4.78, 5) is 22.8. The molecule has 8 heteroatoms. The van der Waals surface area contributed by atoms with Gasteiger partial charge >= 0.3 is 5.97 Å². The molecule has 0 aliphatic rings. The van der Waals surface area contributed by atoms with Crippen molar-refractivity contribution in [1.82, 2.24) is 0 Å². The van der Waals surface area contributed by atoms with Gasteiger partial charge in [0, 0.05) is 5.69 Å². The van der Waals surface area contributed by atoms with Crippen LogP contribution in [0.4, 0.5) is 5.69 Å². The van der Waals surface area contributed by atoms with Gasteiger partial charge in [-0.1, -0.05) is 41.4 Å². The van der Waals surface area contributed by atoms with E-state index < -0.39 is 18.5 Å². The molecule has 0 heterocycles. The minimum absolute atomic E-state index is 0.0140. The number of carbonyl (C=O) groups is 2. The fourth-order valence-corrected chi connectivity index (χ4v) is 2.58. The SMILES string of the molecule is N#C/C(=C/c1cc(Cl)c(OCC(=O)O)c(Cl)c1)C(=O)Nc1ccccc1. The fourth-order valence-electron chi connectivity index (χ4n) is 1.97. The maximum Gasteiger partial charge on any atom is 0.341 e. The third kappa shape index (κ3) is 5.24. The lowest BCUT2D eigenvalue weighted by molar-refractivity contribution is -0.139. The predicted octanol–water partition coefficient (Wildman–Crippen LogP) is 4.00. The number of para-hydroxylation sites is 1. The van der Waals surface area contributed by atoms with Crippen LogP contribution in [0.25, 0.3) is 6.08 Å². The number of carbonyl (C=O) groups excluding carboxylic acids is 1. The number of carboxylic acids is 1. The van der Waals surface area contributed by atoms with Gasteiger partial charge in [-0.05, 0) is 35.9 Å². The molecule has 0 aromatic heterocycles. The van der Waals surface area contributed by atoms with Crippen LogP contribution in [0.1, 0.15) is 5.56 Å². The first-order valence-corrected chi connectivity index (χ1v) is 7.98. The molecule has 0 saturated heterocycles. The lowest BCUT2D eigenvalue weighted by Gasteiger charge is -2.09. The van der Waals surface area contributed by atoms with Crippen LogP contribution >= 0.6 is 23.2 Å². The first kappa shape index (κ1) is 19.3. The minimum atomic E-state index is -1.18. The molecule has 0 unspecified atom stereocenters. The standard InChI is InChI=1S/C18H12Cl2N2O4/c19-14-7-11(8-15(20)17(14)26-10-16(23)24)6-12(9-21)18(25)22-13-4-2-1-3-5-13/h1-8H,10H2,(H,22,25)(H,23,24)/b12-6-. The maximum absolute atomic E-state index is 12.2. The highest BCUT2D eigenvalue weighted by Gasteiger charge is 2.13. The minimum Gasteiger partial charge on any atom is -0.479 e. The number of anilines is 1. The molecular formula is C18H12Cl2N2O4. The molecule has 0 atom stereocenters. The number of nitriles is 1. The van der Waals surface area contributed by atoms with Crippen molar-refractivity contribution in [3.8, 4) is 11.8 Å². The van der Waals surface area contributed by atoms with Gasteiger partial charge < -0.3 is 15.2 Å². The zero-order valence-electron chi connectivity index (χ0n) is 13.2. The molecule has 1 amide bonds. The highest BCUT2D eigenvalue weighted by atomic mass is 35.5. The van der Waals surface area contributed by atoms with Gasteiger partial charge in [0.1, 0.15) is 11.6 Å². The molecule has 2 N–H and O–H groups in total. The van der Waals surface area contributed by atoms with Crippen LogP contribution in [0, 0.1) is 11.3 Å². The molecule has 0 spiro atoms. The van der Waals surface area contributed by atoms with Gasteiger partial charge in [0.05, 0.1) is 10.0 Å². The number of rotatable bonds is 6. The van der Waals surface area contributed by atoms with E-state index in [1.165, 1.54) is 18.2 Å². The number of ether oxygens (including phenoxy) is 1. The molecule has 0 aliphatic heterocycles. The Kier molecular flexibility index (Phi) is 6.61. The average Bonchev–Trinajstić information content (AvgIpc) is 2.59. The van der Waals surface area contributed by atoms with Gasteiger partial charge in [-0.25, -0.2) is 4.79 Å². The van der Waals surface area contributed by atoms with E-state index in [0.29, 0.717) is 11.3 Å². The second-order valence-electron chi connectivity index (χ2n) is 4.99. The Morgan fingerprint density at radius 2 is 1.81 bits per heavy atom. The van der Waals surface area contributed by atoms with Gasteiger partial charge in [0.2, 0.25) is 0 Å². The van der Waals surface area contributed by atoms with E-state index in [4.69, 9.17) is 33.0 Å². The number of aliphatic carboxylic acids is 1. The summed E-state index contributed by atoms with van der Waals surface area (Å²) in [6.07, 6.45) is 1.32. The molecule has 0 aliphatic carbocycles. The van der Waals surface area contributed by atoms with E-state index >= 15 is 0 Å². The summed E-state index contributed by atoms with van der Waals surface area (Å²) >= 11 is 12.1. The Balaban J connectivity index is 2.24. The molecule has 0 saturated carbocycles. The highest BCUT2D eigenvalue weighted by Crippen LogP contribution is 2.34. The van der Waals surface area contributed by atoms with Crippen LogP contribution in [0.5, 0.6) is 5.75 Å². The van der Waals surface area contributed by atoms with Crippen LogP contribution in [0.15, 0.2) is 48.0 Å². The molecular weight excluding hydrogens is 379 g/mol. The summed E-state index contributed by atoms with van der Waals surface area (Å²) in [5.41, 5.74) is 0.787. The smallest absolute Gasteiger partial charge is 0.341 e. The Morgan fingerprint density at radius 3 is 2.35 bits per heavy atom. The third-order valence-corrected chi connectivity index (χ3v) is 3.63. The van der Waals surface area contributed by atoms with Crippen molar-refractivity contribution in [2.45, 2.75) is 0 Å². The number of halogens is 2. The van der Waals surface area contributed by atoms with Crippen LogP contribution in [0.3, 0.4) is 0 Å². The summed E-state index contributed by atoms with van der Waals surface area (Å²) in [6.45, 7) is -0.600. The third-order valence-electron chi connectivity index (χ3n) is 3.07. The van der Waals surface area contributed by atoms with Gasteiger partial charge in [0.15, 0.2) is 12.4 Å². The topological polar surface area (TPSA) is 99.4 Å². The van der Waals surface area contributed by atoms with Crippen LogP contribution in [-0.4, -0.2) is 23.6 Å². The van der Waals surface area contributed by atoms with E-state index in [-0.39, 0.29) is 21.4 Å². The Morgan fingerprint density at radius 1 is 1.19 bits per heavy atom. The van der Waals surface area contributed by atoms with Crippen molar-refractivity contribution in [2.24, 2.45) is 0 Å². The zero-order chi connectivity index (χ0) is 19.1. The number of nitrogens with one attached hydrogen (secondary N) is 1. The predicted molar refractivity (Wildman–Crippen MR) is 98.3 cm³/mol. The molecule has 0 bridgehead atoms. The number of carboxylic acid groups (broad SMARTS) is 1. The zero-order valence-corrected chi connectivity index (χ0v) is 14.7. The lowest BCUT2D eigenvalue weighted by atomic mass is 10.1. The second-order valence-corrected chi connectivity index (χ2v) is 5.80. The summed E-state index contributed by atoms with van der Waals surface area (Å²) in [6, 6.07) is 13.3.